The second kappa shape index (κ2) is 7.95. The molecule has 2 N–H and O–H groups in total. The molecule has 174 valence electrons. The maximum atomic E-state index is 13.5. The minimum Gasteiger partial charge on any atom is -0.478 e. The van der Waals surface area contributed by atoms with E-state index < -0.39 is 29.1 Å². The van der Waals surface area contributed by atoms with Crippen LogP contribution >= 0.6 is 0 Å². The number of aliphatic hydroxyl groups excluding tert-OH is 1. The van der Waals surface area contributed by atoms with Crippen molar-refractivity contribution in [2.75, 3.05) is 14.1 Å². The molecule has 7 heteroatoms. The lowest BCUT2D eigenvalue weighted by Gasteiger charge is -2.40. The number of carbonyl (C=O) groups excluding carboxylic acids is 1. The van der Waals surface area contributed by atoms with Crippen molar-refractivity contribution in [2.24, 2.45) is 5.92 Å². The molecule has 1 heterocycles. The second-order valence-corrected chi connectivity index (χ2v) is 9.21. The third-order valence-corrected chi connectivity index (χ3v) is 7.25. The van der Waals surface area contributed by atoms with Gasteiger partial charge < -0.3 is 19.8 Å². The first-order valence-electron chi connectivity index (χ1n) is 11.2. The number of ether oxygens (including phenoxy) is 1. The number of benzene rings is 3. The van der Waals surface area contributed by atoms with Crippen LogP contribution in [-0.2, 0) is 16.0 Å². The number of nitriles is 2. The Kier molecular flexibility index (Phi) is 5.14. The quantitative estimate of drug-likeness (QED) is 0.614. The lowest BCUT2D eigenvalue weighted by molar-refractivity contribution is -0.155. The molecule has 1 aliphatic heterocycles. The summed E-state index contributed by atoms with van der Waals surface area (Å²) in [6, 6.07) is 24.6. The molecular formula is C28H23N3O4. The molecule has 3 aromatic carbocycles. The van der Waals surface area contributed by atoms with Gasteiger partial charge >= 0.3 is 0 Å². The van der Waals surface area contributed by atoms with Gasteiger partial charge in [0.25, 0.3) is 0 Å². The van der Waals surface area contributed by atoms with Crippen LogP contribution in [0.2, 0.25) is 0 Å². The van der Waals surface area contributed by atoms with Gasteiger partial charge in [0, 0.05) is 25.6 Å². The predicted octanol–water partition coefficient (Wildman–Crippen LogP) is 2.77. The van der Waals surface area contributed by atoms with Gasteiger partial charge in [-0.2, -0.15) is 10.5 Å². The summed E-state index contributed by atoms with van der Waals surface area (Å²) in [7, 11) is 3.22. The van der Waals surface area contributed by atoms with Crippen LogP contribution in [0.3, 0.4) is 0 Å². The van der Waals surface area contributed by atoms with Crippen molar-refractivity contribution in [3.63, 3.8) is 0 Å². The summed E-state index contributed by atoms with van der Waals surface area (Å²) in [6.45, 7) is 0. The molecule has 0 spiro atoms. The zero-order chi connectivity index (χ0) is 25.0. The normalized spacial score (nSPS) is 28.2. The van der Waals surface area contributed by atoms with Gasteiger partial charge in [0.2, 0.25) is 5.91 Å². The Morgan fingerprint density at radius 1 is 0.971 bits per heavy atom. The van der Waals surface area contributed by atoms with Gasteiger partial charge in [-0.05, 0) is 35.4 Å². The molecule has 35 heavy (non-hydrogen) atoms. The van der Waals surface area contributed by atoms with Gasteiger partial charge in [-0.3, -0.25) is 4.79 Å². The summed E-state index contributed by atoms with van der Waals surface area (Å²) in [6.07, 6.45) is -1.52. The first kappa shape index (κ1) is 22.6. The van der Waals surface area contributed by atoms with Gasteiger partial charge in [0.15, 0.2) is 11.2 Å². The molecule has 1 amide bonds. The van der Waals surface area contributed by atoms with E-state index in [1.807, 2.05) is 30.3 Å². The molecule has 3 aromatic rings. The van der Waals surface area contributed by atoms with Crippen LogP contribution in [0.1, 0.15) is 33.7 Å². The Labute approximate surface area is 203 Å². The zero-order valence-corrected chi connectivity index (χ0v) is 19.2. The van der Waals surface area contributed by atoms with Crippen LogP contribution in [0.4, 0.5) is 0 Å². The number of fused-ring (bicyclic) bond motifs is 3. The Morgan fingerprint density at radius 3 is 2.20 bits per heavy atom. The van der Waals surface area contributed by atoms with Crippen molar-refractivity contribution in [1.29, 1.82) is 10.5 Å². The van der Waals surface area contributed by atoms with Gasteiger partial charge in [-0.25, -0.2) is 0 Å². The predicted molar refractivity (Wildman–Crippen MR) is 126 cm³/mol. The highest BCUT2D eigenvalue weighted by Gasteiger charge is 2.77. The number of carbonyl (C=O) groups is 1. The molecule has 7 nitrogen and oxygen atoms in total. The fourth-order valence-electron chi connectivity index (χ4n) is 5.75. The van der Waals surface area contributed by atoms with E-state index >= 15 is 0 Å². The molecule has 0 unspecified atom stereocenters. The van der Waals surface area contributed by atoms with Crippen molar-refractivity contribution < 1.29 is 19.7 Å². The Morgan fingerprint density at radius 2 is 1.60 bits per heavy atom. The Hall–Kier alpha value is -4.17. The van der Waals surface area contributed by atoms with Crippen molar-refractivity contribution in [1.82, 2.24) is 4.90 Å². The number of rotatable bonds is 3. The summed E-state index contributed by atoms with van der Waals surface area (Å²) in [5, 5.41) is 43.0. The third kappa shape index (κ3) is 2.93. The van der Waals surface area contributed by atoms with E-state index in [9.17, 15) is 25.5 Å². The maximum absolute atomic E-state index is 13.5. The van der Waals surface area contributed by atoms with Crippen LogP contribution in [0.25, 0.3) is 0 Å². The molecule has 1 saturated carbocycles. The monoisotopic (exact) mass is 465 g/mol. The van der Waals surface area contributed by atoms with E-state index in [4.69, 9.17) is 4.74 Å². The number of nitrogens with zero attached hydrogens (tertiary/aromatic N) is 3. The van der Waals surface area contributed by atoms with Crippen molar-refractivity contribution >= 4 is 5.91 Å². The lowest BCUT2D eigenvalue weighted by atomic mass is 9.70. The molecule has 1 aliphatic carbocycles. The first-order chi connectivity index (χ1) is 16.8. The molecule has 5 rings (SSSR count). The largest absolute Gasteiger partial charge is 0.478 e. The van der Waals surface area contributed by atoms with Crippen molar-refractivity contribution in [3.8, 4) is 17.9 Å². The van der Waals surface area contributed by atoms with Gasteiger partial charge in [-0.15, -0.1) is 0 Å². The average molecular weight is 466 g/mol. The number of hydrogen-bond donors (Lipinski definition) is 2. The first-order valence-corrected chi connectivity index (χ1v) is 11.2. The van der Waals surface area contributed by atoms with E-state index in [1.54, 1.807) is 50.5 Å². The van der Waals surface area contributed by atoms with E-state index in [-0.39, 0.29) is 11.7 Å². The highest BCUT2D eigenvalue weighted by Crippen LogP contribution is 2.68. The molecule has 1 fully saturated rings. The van der Waals surface area contributed by atoms with E-state index in [0.717, 1.165) is 0 Å². The van der Waals surface area contributed by atoms with Crippen LogP contribution < -0.4 is 4.74 Å². The van der Waals surface area contributed by atoms with Crippen LogP contribution in [0.15, 0.2) is 72.8 Å². The molecular weight excluding hydrogens is 442 g/mol. The fourth-order valence-corrected chi connectivity index (χ4v) is 5.75. The van der Waals surface area contributed by atoms with E-state index in [1.165, 1.54) is 11.0 Å². The Bertz CT molecular complexity index is 1390. The van der Waals surface area contributed by atoms with Gasteiger partial charge in [-0.1, -0.05) is 48.5 Å². The van der Waals surface area contributed by atoms with Crippen molar-refractivity contribution in [3.05, 3.63) is 101 Å². The standard InChI is InChI=1S/C28H23N3O4/c1-31(2)26(33)23-24(19-6-4-3-5-7-19)28(20-11-8-17(15-29)9-12-20)27(34,25(23)32)21-13-10-18(16-30)14-22(21)35-28/h3-14,23-25,32,34H,1-2H3/t23-,24-,25-,27+,28+/m1/s1. The lowest BCUT2D eigenvalue weighted by Crippen LogP contribution is -2.52. The molecule has 0 aromatic heterocycles. The van der Waals surface area contributed by atoms with Gasteiger partial charge in [0.05, 0.1) is 29.2 Å². The van der Waals surface area contributed by atoms with Gasteiger partial charge in [0.1, 0.15) is 11.9 Å². The Balaban J connectivity index is 1.86. The summed E-state index contributed by atoms with van der Waals surface area (Å²) in [5.74, 6) is -1.89. The summed E-state index contributed by atoms with van der Waals surface area (Å²) in [5.41, 5.74) is -1.32. The minimum absolute atomic E-state index is 0.270. The highest BCUT2D eigenvalue weighted by atomic mass is 16.5. The summed E-state index contributed by atoms with van der Waals surface area (Å²) in [4.78, 5) is 14.9. The average Bonchev–Trinajstić information content (AvgIpc) is 3.26. The fraction of sp³-hybridized carbons (Fsp3) is 0.250. The summed E-state index contributed by atoms with van der Waals surface area (Å²) >= 11 is 0. The van der Waals surface area contributed by atoms with Crippen LogP contribution in [0.5, 0.6) is 5.75 Å². The third-order valence-electron chi connectivity index (χ3n) is 7.25. The number of amides is 1. The topological polar surface area (TPSA) is 118 Å². The van der Waals surface area contributed by atoms with Crippen LogP contribution in [-0.4, -0.2) is 41.2 Å². The van der Waals surface area contributed by atoms with Crippen molar-refractivity contribution in [2.45, 2.75) is 23.2 Å². The molecule has 5 atom stereocenters. The van der Waals surface area contributed by atoms with E-state index in [0.29, 0.717) is 27.8 Å². The molecule has 0 saturated heterocycles. The molecule has 0 radical (unpaired) electrons. The minimum atomic E-state index is -2.01. The second-order valence-electron chi connectivity index (χ2n) is 9.21. The summed E-state index contributed by atoms with van der Waals surface area (Å²) < 4.78 is 6.61. The maximum Gasteiger partial charge on any atom is 0.228 e. The van der Waals surface area contributed by atoms with Crippen LogP contribution in [0, 0.1) is 28.6 Å². The van der Waals surface area contributed by atoms with E-state index in [2.05, 4.69) is 12.1 Å². The smallest absolute Gasteiger partial charge is 0.228 e. The highest BCUT2D eigenvalue weighted by molar-refractivity contribution is 5.82. The molecule has 2 aliphatic rings. The number of hydrogen-bond acceptors (Lipinski definition) is 6. The number of aliphatic hydroxyl groups is 2. The SMILES string of the molecule is CN(C)C(=O)[C@H]1[C@@H](O)[C@@]2(O)c3ccc(C#N)cc3O[C@@]2(c2ccc(C#N)cc2)[C@@H]1c1ccccc1. The zero-order valence-electron chi connectivity index (χ0n) is 19.2. The molecule has 0 bridgehead atoms.